The lowest BCUT2D eigenvalue weighted by Gasteiger charge is -2.05. The minimum Gasteiger partial charge on any atom is -0.383 e. The monoisotopic (exact) mass is 278 g/mol. The number of methoxy groups -OCH3 is 1. The molecule has 0 spiro atoms. The zero-order valence-electron chi connectivity index (χ0n) is 11.7. The molecular weight excluding hydrogens is 260 g/mol. The van der Waals surface area contributed by atoms with Crippen molar-refractivity contribution in [1.82, 2.24) is 4.57 Å². The normalized spacial score (nSPS) is 12.3. The number of carbonyl (C=O) groups is 1. The van der Waals surface area contributed by atoms with Gasteiger partial charge in [0.05, 0.1) is 16.8 Å². The summed E-state index contributed by atoms with van der Waals surface area (Å²) in [6, 6.07) is 4.28. The van der Waals surface area contributed by atoms with Crippen molar-refractivity contribution in [1.29, 1.82) is 0 Å². The van der Waals surface area contributed by atoms with Crippen LogP contribution >= 0.6 is 11.3 Å². The van der Waals surface area contributed by atoms with Gasteiger partial charge in [0.2, 0.25) is 5.91 Å². The van der Waals surface area contributed by atoms with Crippen molar-refractivity contribution in [3.8, 4) is 0 Å². The van der Waals surface area contributed by atoms with Crippen molar-refractivity contribution in [2.24, 2.45) is 4.99 Å². The molecule has 0 aliphatic carbocycles. The van der Waals surface area contributed by atoms with Gasteiger partial charge >= 0.3 is 0 Å². The van der Waals surface area contributed by atoms with E-state index in [-0.39, 0.29) is 5.91 Å². The molecule has 2 rings (SSSR count). The molecule has 1 heterocycles. The van der Waals surface area contributed by atoms with Crippen molar-refractivity contribution in [3.63, 3.8) is 0 Å². The van der Waals surface area contributed by atoms with Crippen molar-refractivity contribution in [2.45, 2.75) is 27.3 Å². The molecule has 4 nitrogen and oxygen atoms in total. The molecule has 0 radical (unpaired) electrons. The lowest BCUT2D eigenvalue weighted by atomic mass is 10.1. The maximum Gasteiger partial charge on any atom is 0.245 e. The first-order chi connectivity index (χ1) is 9.02. The molecule has 5 heteroatoms. The maximum absolute atomic E-state index is 11.3. The Morgan fingerprint density at radius 1 is 1.42 bits per heavy atom. The molecule has 0 aliphatic rings. The first kappa shape index (κ1) is 14.0. The van der Waals surface area contributed by atoms with Crippen molar-refractivity contribution in [3.05, 3.63) is 28.1 Å². The van der Waals surface area contributed by atoms with E-state index in [0.29, 0.717) is 13.2 Å². The molecule has 0 atom stereocenters. The minimum atomic E-state index is -0.174. The third kappa shape index (κ3) is 2.93. The van der Waals surface area contributed by atoms with Gasteiger partial charge in [0.1, 0.15) is 0 Å². The largest absolute Gasteiger partial charge is 0.383 e. The molecule has 2 aromatic rings. The van der Waals surface area contributed by atoms with Gasteiger partial charge in [-0.15, -0.1) is 0 Å². The fraction of sp³-hybridized carbons (Fsp3) is 0.429. The zero-order chi connectivity index (χ0) is 14.0. The van der Waals surface area contributed by atoms with Gasteiger partial charge in [0.25, 0.3) is 0 Å². The summed E-state index contributed by atoms with van der Waals surface area (Å²) in [5, 5.41) is 0. The highest BCUT2D eigenvalue weighted by Gasteiger charge is 2.09. The number of ether oxygens (including phenoxy) is 1. The van der Waals surface area contributed by atoms with Crippen molar-refractivity contribution >= 4 is 27.5 Å². The van der Waals surface area contributed by atoms with Crippen LogP contribution in [0.4, 0.5) is 0 Å². The Labute approximate surface area is 116 Å². The molecular formula is C14H18N2O2S. The Balaban J connectivity index is 2.74. The van der Waals surface area contributed by atoms with E-state index >= 15 is 0 Å². The van der Waals surface area contributed by atoms with E-state index in [4.69, 9.17) is 4.74 Å². The molecule has 0 saturated carbocycles. The highest BCUT2D eigenvalue weighted by Crippen LogP contribution is 2.23. The van der Waals surface area contributed by atoms with Gasteiger partial charge in [-0.05, 0) is 31.0 Å². The van der Waals surface area contributed by atoms with E-state index in [0.717, 1.165) is 10.3 Å². The molecule has 102 valence electrons. The van der Waals surface area contributed by atoms with Gasteiger partial charge in [-0.3, -0.25) is 4.79 Å². The summed E-state index contributed by atoms with van der Waals surface area (Å²) in [6.07, 6.45) is 0. The molecule has 0 saturated heterocycles. The van der Waals surface area contributed by atoms with Crippen LogP contribution in [0.15, 0.2) is 17.1 Å². The average Bonchev–Trinajstić information content (AvgIpc) is 2.64. The average molecular weight is 278 g/mol. The highest BCUT2D eigenvalue weighted by molar-refractivity contribution is 7.16. The van der Waals surface area contributed by atoms with E-state index < -0.39 is 0 Å². The fourth-order valence-corrected chi connectivity index (χ4v) is 3.28. The Hall–Kier alpha value is -1.46. The number of carbonyl (C=O) groups excluding carboxylic acids is 1. The topological polar surface area (TPSA) is 43.6 Å². The lowest BCUT2D eigenvalue weighted by Crippen LogP contribution is -2.18. The van der Waals surface area contributed by atoms with E-state index in [1.54, 1.807) is 18.4 Å². The van der Waals surface area contributed by atoms with E-state index in [1.165, 1.54) is 22.8 Å². The Morgan fingerprint density at radius 2 is 2.16 bits per heavy atom. The summed E-state index contributed by atoms with van der Waals surface area (Å²) in [4.78, 5) is 16.1. The first-order valence-electron chi connectivity index (χ1n) is 6.17. The Morgan fingerprint density at radius 3 is 2.79 bits per heavy atom. The Kier molecular flexibility index (Phi) is 4.17. The Bertz CT molecular complexity index is 683. The number of hydrogen-bond donors (Lipinski definition) is 0. The van der Waals surface area contributed by atoms with Crippen LogP contribution in [-0.2, 0) is 16.1 Å². The molecule has 0 N–H and O–H groups in total. The van der Waals surface area contributed by atoms with Gasteiger partial charge < -0.3 is 9.30 Å². The third-order valence-corrected chi connectivity index (χ3v) is 4.12. The van der Waals surface area contributed by atoms with Crippen LogP contribution in [0.5, 0.6) is 0 Å². The smallest absolute Gasteiger partial charge is 0.245 e. The molecule has 1 aromatic carbocycles. The number of amides is 1. The molecule has 0 aliphatic heterocycles. The highest BCUT2D eigenvalue weighted by atomic mass is 32.1. The second-order valence-electron chi connectivity index (χ2n) is 4.59. The van der Waals surface area contributed by atoms with Crippen LogP contribution in [0.3, 0.4) is 0 Å². The van der Waals surface area contributed by atoms with Crippen molar-refractivity contribution < 1.29 is 9.53 Å². The summed E-state index contributed by atoms with van der Waals surface area (Å²) in [6.45, 7) is 6.94. The number of hydrogen-bond acceptors (Lipinski definition) is 3. The van der Waals surface area contributed by atoms with Crippen molar-refractivity contribution in [2.75, 3.05) is 13.7 Å². The quantitative estimate of drug-likeness (QED) is 0.865. The van der Waals surface area contributed by atoms with Crippen LogP contribution < -0.4 is 4.80 Å². The van der Waals surface area contributed by atoms with E-state index in [1.807, 2.05) is 0 Å². The zero-order valence-corrected chi connectivity index (χ0v) is 12.5. The summed E-state index contributed by atoms with van der Waals surface area (Å²) >= 11 is 1.56. The van der Waals surface area contributed by atoms with E-state index in [2.05, 4.69) is 35.5 Å². The molecule has 0 bridgehead atoms. The number of nitrogens with zero attached hydrogens (tertiary/aromatic N) is 2. The number of aromatic nitrogens is 1. The fourth-order valence-electron chi connectivity index (χ4n) is 2.13. The summed E-state index contributed by atoms with van der Waals surface area (Å²) in [5.74, 6) is -0.174. The predicted molar refractivity (Wildman–Crippen MR) is 77.4 cm³/mol. The molecule has 0 fully saturated rings. The van der Waals surface area contributed by atoms with Crippen LogP contribution in [-0.4, -0.2) is 24.2 Å². The van der Waals surface area contributed by atoms with Crippen LogP contribution in [0.1, 0.15) is 18.1 Å². The summed E-state index contributed by atoms with van der Waals surface area (Å²) in [5.41, 5.74) is 3.55. The maximum atomic E-state index is 11.3. The predicted octanol–water partition coefficient (Wildman–Crippen LogP) is 2.41. The molecule has 19 heavy (non-hydrogen) atoms. The lowest BCUT2D eigenvalue weighted by molar-refractivity contribution is -0.116. The molecule has 1 amide bonds. The summed E-state index contributed by atoms with van der Waals surface area (Å²) < 4.78 is 8.38. The van der Waals surface area contributed by atoms with Gasteiger partial charge in [0, 0.05) is 20.6 Å². The van der Waals surface area contributed by atoms with Gasteiger partial charge in [-0.2, -0.15) is 4.99 Å². The standard InChI is InChI=1S/C14H18N2O2S/c1-9-7-10(2)13-12(8-9)16(5-6-18-4)14(19-13)15-11(3)17/h7-8H,5-6H2,1-4H3. The number of fused-ring (bicyclic) bond motifs is 1. The number of thiazole rings is 1. The van der Waals surface area contributed by atoms with Gasteiger partial charge in [0.15, 0.2) is 4.80 Å². The number of aryl methyl sites for hydroxylation is 2. The van der Waals surface area contributed by atoms with E-state index in [9.17, 15) is 4.79 Å². The summed E-state index contributed by atoms with van der Waals surface area (Å²) in [7, 11) is 1.67. The van der Waals surface area contributed by atoms with Crippen LogP contribution in [0.2, 0.25) is 0 Å². The molecule has 1 aromatic heterocycles. The number of benzene rings is 1. The van der Waals surface area contributed by atoms with Gasteiger partial charge in [-0.25, -0.2) is 0 Å². The number of rotatable bonds is 3. The van der Waals surface area contributed by atoms with Crippen LogP contribution in [0, 0.1) is 13.8 Å². The third-order valence-electron chi connectivity index (χ3n) is 2.89. The van der Waals surface area contributed by atoms with Crippen LogP contribution in [0.25, 0.3) is 10.2 Å². The second-order valence-corrected chi connectivity index (χ2v) is 5.57. The minimum absolute atomic E-state index is 0.174. The second kappa shape index (κ2) is 5.67. The van der Waals surface area contributed by atoms with Gasteiger partial charge in [-0.1, -0.05) is 17.4 Å². The molecule has 0 unspecified atom stereocenters. The first-order valence-corrected chi connectivity index (χ1v) is 6.99. The SMILES string of the molecule is COCCn1c(=NC(C)=O)sc2c(C)cc(C)cc21.